The lowest BCUT2D eigenvalue weighted by atomic mass is 10.1. The Balaban J connectivity index is 2.65. The molecule has 0 aliphatic heterocycles. The first-order valence-corrected chi connectivity index (χ1v) is 4.27. The normalized spacial score (nSPS) is 10.7. The summed E-state index contributed by atoms with van der Waals surface area (Å²) in [7, 11) is 0. The molecule has 0 bridgehead atoms. The molecule has 0 radical (unpaired) electrons. The molecule has 0 atom stereocenters. The third-order valence-corrected chi connectivity index (χ3v) is 1.48. The van der Waals surface area contributed by atoms with Crippen LogP contribution in [0, 0.1) is 11.3 Å². The van der Waals surface area contributed by atoms with Crippen LogP contribution in [0.5, 0.6) is 0 Å². The highest BCUT2D eigenvalue weighted by atomic mass is 15.0. The van der Waals surface area contributed by atoms with Crippen LogP contribution in [0.15, 0.2) is 12.3 Å². The first-order valence-electron chi connectivity index (χ1n) is 4.27. The van der Waals surface area contributed by atoms with Crippen molar-refractivity contribution in [1.82, 2.24) is 9.97 Å². The van der Waals surface area contributed by atoms with Crippen LogP contribution in [0.4, 0.5) is 5.82 Å². The zero-order chi connectivity index (χ0) is 10.6. The van der Waals surface area contributed by atoms with E-state index in [-0.39, 0.29) is 11.4 Å². The van der Waals surface area contributed by atoms with Gasteiger partial charge in [-0.3, -0.25) is 0 Å². The summed E-state index contributed by atoms with van der Waals surface area (Å²) in [5.74, 6) is 0.778. The average Bonchev–Trinajstić information content (AvgIpc) is 2.14. The molecule has 0 aliphatic carbocycles. The zero-order valence-corrected chi connectivity index (χ0v) is 8.28. The van der Waals surface area contributed by atoms with Gasteiger partial charge in [-0.25, -0.2) is 9.97 Å². The lowest BCUT2D eigenvalue weighted by molar-refractivity contribution is 0.548. The van der Waals surface area contributed by atoms with Crippen molar-refractivity contribution in [2.75, 3.05) is 11.9 Å². The molecule has 0 aromatic carbocycles. The average molecular weight is 191 g/mol. The van der Waals surface area contributed by atoms with Gasteiger partial charge in [-0.1, -0.05) is 0 Å². The van der Waals surface area contributed by atoms with Gasteiger partial charge in [-0.2, -0.15) is 5.26 Å². The van der Waals surface area contributed by atoms with E-state index in [0.29, 0.717) is 12.4 Å². The highest BCUT2D eigenvalue weighted by molar-refractivity contribution is 5.35. The highest BCUT2D eigenvalue weighted by Gasteiger charge is 2.10. The molecular formula is C9H13N5. The molecule has 14 heavy (non-hydrogen) atoms. The first-order chi connectivity index (χ1) is 6.51. The van der Waals surface area contributed by atoms with Crippen LogP contribution in [0.1, 0.15) is 19.7 Å². The predicted molar refractivity (Wildman–Crippen MR) is 53.5 cm³/mol. The molecule has 1 aromatic rings. The van der Waals surface area contributed by atoms with Crippen molar-refractivity contribution in [1.29, 1.82) is 5.26 Å². The summed E-state index contributed by atoms with van der Waals surface area (Å²) in [6.07, 6.45) is 1.54. The molecule has 3 N–H and O–H groups in total. The monoisotopic (exact) mass is 191 g/mol. The molecule has 0 fully saturated rings. The highest BCUT2D eigenvalue weighted by Crippen LogP contribution is 2.03. The number of anilines is 1. The largest absolute Gasteiger partial charge is 0.368 e. The topological polar surface area (TPSA) is 87.6 Å². The minimum atomic E-state index is -0.308. The number of nitrogens with one attached hydrogen (secondary N) is 1. The van der Waals surface area contributed by atoms with Gasteiger partial charge >= 0.3 is 0 Å². The van der Waals surface area contributed by atoms with E-state index in [4.69, 9.17) is 11.0 Å². The van der Waals surface area contributed by atoms with E-state index in [0.717, 1.165) is 0 Å². The molecule has 1 heterocycles. The van der Waals surface area contributed by atoms with Crippen molar-refractivity contribution in [2.45, 2.75) is 19.4 Å². The van der Waals surface area contributed by atoms with Crippen LogP contribution in [0.3, 0.4) is 0 Å². The van der Waals surface area contributed by atoms with Gasteiger partial charge < -0.3 is 11.1 Å². The van der Waals surface area contributed by atoms with Gasteiger partial charge in [-0.15, -0.1) is 0 Å². The molecule has 5 nitrogen and oxygen atoms in total. The maximum absolute atomic E-state index is 8.56. The van der Waals surface area contributed by atoms with Crippen molar-refractivity contribution >= 4 is 5.82 Å². The van der Waals surface area contributed by atoms with E-state index in [2.05, 4.69) is 15.3 Å². The summed E-state index contributed by atoms with van der Waals surface area (Å²) in [5, 5.41) is 11.6. The molecule has 0 unspecified atom stereocenters. The van der Waals surface area contributed by atoms with Crippen molar-refractivity contribution in [3.8, 4) is 6.07 Å². The zero-order valence-electron chi connectivity index (χ0n) is 8.28. The Hall–Kier alpha value is -1.67. The Morgan fingerprint density at radius 3 is 2.93 bits per heavy atom. The molecule has 74 valence electrons. The second-order valence-electron chi connectivity index (χ2n) is 3.72. The summed E-state index contributed by atoms with van der Waals surface area (Å²) in [6, 6.07) is 3.57. The first kappa shape index (κ1) is 10.4. The second kappa shape index (κ2) is 4.03. The molecule has 0 amide bonds. The smallest absolute Gasteiger partial charge is 0.234 e. The number of hydrogen-bond acceptors (Lipinski definition) is 5. The van der Waals surface area contributed by atoms with Crippen LogP contribution in [0.2, 0.25) is 0 Å². The number of rotatable bonds is 3. The van der Waals surface area contributed by atoms with E-state index in [1.54, 1.807) is 6.07 Å². The lowest BCUT2D eigenvalue weighted by Crippen LogP contribution is -2.39. The summed E-state index contributed by atoms with van der Waals surface area (Å²) >= 11 is 0. The standard InChI is InChI=1S/C9H13N5/c1-9(2,11)6-13-7-3-4-12-8(5-10)14-7/h3-4H,6,11H2,1-2H3,(H,12,13,14). The summed E-state index contributed by atoms with van der Waals surface area (Å²) in [5.41, 5.74) is 5.48. The van der Waals surface area contributed by atoms with Crippen LogP contribution >= 0.6 is 0 Å². The van der Waals surface area contributed by atoms with Crippen molar-refractivity contribution in [3.05, 3.63) is 18.1 Å². The van der Waals surface area contributed by atoms with Crippen LogP contribution < -0.4 is 11.1 Å². The molecule has 0 aliphatic rings. The van der Waals surface area contributed by atoms with Crippen LogP contribution in [-0.4, -0.2) is 22.1 Å². The Bertz CT molecular complexity index is 347. The number of aromatic nitrogens is 2. The Labute approximate surface area is 83.0 Å². The molecule has 1 aromatic heterocycles. The van der Waals surface area contributed by atoms with Crippen LogP contribution in [-0.2, 0) is 0 Å². The van der Waals surface area contributed by atoms with Gasteiger partial charge in [-0.05, 0) is 19.9 Å². The summed E-state index contributed by atoms with van der Waals surface area (Å²) < 4.78 is 0. The van der Waals surface area contributed by atoms with Gasteiger partial charge in [0.25, 0.3) is 0 Å². The molecule has 0 spiro atoms. The number of nitriles is 1. The molecular weight excluding hydrogens is 178 g/mol. The fourth-order valence-corrected chi connectivity index (χ4v) is 0.829. The fourth-order valence-electron chi connectivity index (χ4n) is 0.829. The van der Waals surface area contributed by atoms with Gasteiger partial charge in [0, 0.05) is 18.3 Å². The molecule has 0 saturated carbocycles. The summed E-state index contributed by atoms with van der Waals surface area (Å²) in [4.78, 5) is 7.71. The number of hydrogen-bond donors (Lipinski definition) is 2. The Kier molecular flexibility index (Phi) is 2.99. The van der Waals surface area contributed by atoms with Crippen molar-refractivity contribution < 1.29 is 0 Å². The minimum absolute atomic E-state index is 0.157. The second-order valence-corrected chi connectivity index (χ2v) is 3.72. The van der Waals surface area contributed by atoms with Gasteiger partial charge in [0.15, 0.2) is 0 Å². The lowest BCUT2D eigenvalue weighted by Gasteiger charge is -2.19. The van der Waals surface area contributed by atoms with Crippen molar-refractivity contribution in [2.24, 2.45) is 5.73 Å². The predicted octanol–water partition coefficient (Wildman–Crippen LogP) is 0.497. The Morgan fingerprint density at radius 1 is 1.64 bits per heavy atom. The third kappa shape index (κ3) is 3.37. The molecule has 0 saturated heterocycles. The Morgan fingerprint density at radius 2 is 2.36 bits per heavy atom. The SMILES string of the molecule is CC(C)(N)CNc1ccnc(C#N)n1. The van der Waals surface area contributed by atoms with Crippen molar-refractivity contribution in [3.63, 3.8) is 0 Å². The van der Waals surface area contributed by atoms with Crippen LogP contribution in [0.25, 0.3) is 0 Å². The number of nitrogens with zero attached hydrogens (tertiary/aromatic N) is 3. The summed E-state index contributed by atoms with van der Waals surface area (Å²) in [6.45, 7) is 4.41. The number of nitrogens with two attached hydrogens (primary N) is 1. The van der Waals surface area contributed by atoms with E-state index in [1.807, 2.05) is 19.9 Å². The third-order valence-electron chi connectivity index (χ3n) is 1.48. The van der Waals surface area contributed by atoms with Gasteiger partial charge in [0.05, 0.1) is 0 Å². The molecule has 1 rings (SSSR count). The van der Waals surface area contributed by atoms with Gasteiger partial charge in [0.1, 0.15) is 11.9 Å². The van der Waals surface area contributed by atoms with Gasteiger partial charge in [0.2, 0.25) is 5.82 Å². The van der Waals surface area contributed by atoms with E-state index < -0.39 is 0 Å². The van der Waals surface area contributed by atoms with E-state index in [1.165, 1.54) is 6.20 Å². The van der Waals surface area contributed by atoms with E-state index >= 15 is 0 Å². The molecule has 5 heteroatoms. The fraction of sp³-hybridized carbons (Fsp3) is 0.444. The quantitative estimate of drug-likeness (QED) is 0.726. The maximum Gasteiger partial charge on any atom is 0.234 e. The van der Waals surface area contributed by atoms with E-state index in [9.17, 15) is 0 Å². The maximum atomic E-state index is 8.56. The minimum Gasteiger partial charge on any atom is -0.368 e.